The number of carbonyl (C=O) groups excluding carboxylic acids is 1. The average molecular weight is 288 g/mol. The summed E-state index contributed by atoms with van der Waals surface area (Å²) >= 11 is 3.40. The molecule has 0 aliphatic carbocycles. The second kappa shape index (κ2) is 5.27. The number of pyridine rings is 1. The topological polar surface area (TPSA) is 68.5 Å². The quantitative estimate of drug-likeness (QED) is 0.922. The van der Waals surface area contributed by atoms with Gasteiger partial charge in [0, 0.05) is 16.6 Å². The molecule has 0 aromatic carbocycles. The first-order valence-electron chi connectivity index (χ1n) is 4.72. The van der Waals surface area contributed by atoms with Crippen molar-refractivity contribution in [1.29, 1.82) is 0 Å². The number of hydrogen-bond acceptors (Lipinski definition) is 4. The molecule has 1 aromatic rings. The molecule has 0 saturated heterocycles. The van der Waals surface area contributed by atoms with Crippen molar-refractivity contribution in [2.75, 3.05) is 14.1 Å². The summed E-state index contributed by atoms with van der Waals surface area (Å²) in [6.45, 7) is 2.00. The molecule has 0 aliphatic heterocycles. The fourth-order valence-corrected chi connectivity index (χ4v) is 1.69. The van der Waals surface area contributed by atoms with Gasteiger partial charge in [-0.25, -0.2) is 9.78 Å². The number of ether oxygens (including phenoxy) is 1. The Morgan fingerprint density at radius 2 is 2.19 bits per heavy atom. The minimum atomic E-state index is -0.863. The fourth-order valence-electron chi connectivity index (χ4n) is 1.14. The highest BCUT2D eigenvalue weighted by Crippen LogP contribution is 2.26. The molecule has 0 saturated carbocycles. The summed E-state index contributed by atoms with van der Waals surface area (Å²) in [5.41, 5.74) is 5.72. The molecule has 5 nitrogen and oxygen atoms in total. The van der Waals surface area contributed by atoms with Crippen molar-refractivity contribution in [2.24, 2.45) is 5.73 Å². The summed E-state index contributed by atoms with van der Waals surface area (Å²) < 4.78 is 5.59. The van der Waals surface area contributed by atoms with E-state index in [9.17, 15) is 4.79 Å². The molecule has 0 aliphatic rings. The SMILES string of the molecule is CC(c1nc(OC(N)=O)ccc1Br)N(C)C. The number of primary amides is 1. The van der Waals surface area contributed by atoms with E-state index in [4.69, 9.17) is 10.5 Å². The molecular formula is C10H14BrN3O2. The Morgan fingerprint density at radius 3 is 2.69 bits per heavy atom. The second-order valence-electron chi connectivity index (χ2n) is 3.58. The summed E-state index contributed by atoms with van der Waals surface area (Å²) in [4.78, 5) is 16.8. The van der Waals surface area contributed by atoms with Crippen molar-refractivity contribution in [3.63, 3.8) is 0 Å². The van der Waals surface area contributed by atoms with Gasteiger partial charge >= 0.3 is 6.09 Å². The van der Waals surface area contributed by atoms with Gasteiger partial charge in [0.15, 0.2) is 0 Å². The minimum Gasteiger partial charge on any atom is -0.391 e. The molecule has 1 rings (SSSR count). The molecule has 1 unspecified atom stereocenters. The summed E-state index contributed by atoms with van der Waals surface area (Å²) in [6, 6.07) is 3.47. The highest BCUT2D eigenvalue weighted by atomic mass is 79.9. The maximum Gasteiger partial charge on any atom is 0.411 e. The van der Waals surface area contributed by atoms with Gasteiger partial charge < -0.3 is 15.4 Å². The summed E-state index contributed by atoms with van der Waals surface area (Å²) in [7, 11) is 3.89. The van der Waals surface area contributed by atoms with Crippen LogP contribution in [-0.4, -0.2) is 30.1 Å². The van der Waals surface area contributed by atoms with E-state index in [0.29, 0.717) is 0 Å². The molecule has 0 radical (unpaired) electrons. The number of rotatable bonds is 3. The lowest BCUT2D eigenvalue weighted by molar-refractivity contribution is 0.208. The number of nitrogens with zero attached hydrogens (tertiary/aromatic N) is 2. The molecule has 1 atom stereocenters. The Balaban J connectivity index is 3.03. The molecule has 16 heavy (non-hydrogen) atoms. The van der Waals surface area contributed by atoms with Crippen LogP contribution in [0, 0.1) is 0 Å². The third-order valence-corrected chi connectivity index (χ3v) is 2.89. The Morgan fingerprint density at radius 1 is 1.56 bits per heavy atom. The van der Waals surface area contributed by atoms with Crippen LogP contribution in [-0.2, 0) is 0 Å². The van der Waals surface area contributed by atoms with Gasteiger partial charge in [0.25, 0.3) is 0 Å². The first kappa shape index (κ1) is 12.9. The Bertz CT molecular complexity index is 396. The first-order chi connectivity index (χ1) is 7.41. The van der Waals surface area contributed by atoms with Crippen LogP contribution in [0.15, 0.2) is 16.6 Å². The standard InChI is InChI=1S/C10H14BrN3O2/c1-6(14(2)3)9-7(11)4-5-8(13-9)16-10(12)15/h4-6H,1-3H3,(H2,12,15). The Kier molecular flexibility index (Phi) is 4.26. The Labute approximate surface area is 103 Å². The number of halogens is 1. The maximum absolute atomic E-state index is 10.6. The van der Waals surface area contributed by atoms with Crippen LogP contribution in [0.4, 0.5) is 4.79 Å². The van der Waals surface area contributed by atoms with Crippen LogP contribution < -0.4 is 10.5 Å². The van der Waals surface area contributed by atoms with Gasteiger partial charge in [0.1, 0.15) is 0 Å². The van der Waals surface area contributed by atoms with E-state index in [2.05, 4.69) is 20.9 Å². The Hall–Kier alpha value is -1.14. The monoisotopic (exact) mass is 287 g/mol. The molecule has 88 valence electrons. The largest absolute Gasteiger partial charge is 0.411 e. The average Bonchev–Trinajstić information content (AvgIpc) is 2.19. The van der Waals surface area contributed by atoms with E-state index >= 15 is 0 Å². The lowest BCUT2D eigenvalue weighted by Crippen LogP contribution is -2.20. The molecule has 1 amide bonds. The predicted octanol–water partition coefficient (Wildman–Crippen LogP) is 1.92. The summed E-state index contributed by atoms with van der Waals surface area (Å²) in [6.07, 6.45) is -0.863. The van der Waals surface area contributed by atoms with Crippen LogP contribution in [0.1, 0.15) is 18.7 Å². The van der Waals surface area contributed by atoms with Crippen molar-refractivity contribution >= 4 is 22.0 Å². The van der Waals surface area contributed by atoms with Crippen molar-refractivity contribution in [3.8, 4) is 5.88 Å². The zero-order chi connectivity index (χ0) is 12.3. The van der Waals surface area contributed by atoms with Crippen LogP contribution in [0.5, 0.6) is 5.88 Å². The van der Waals surface area contributed by atoms with Crippen LogP contribution in [0.3, 0.4) is 0 Å². The second-order valence-corrected chi connectivity index (χ2v) is 4.43. The molecule has 1 aromatic heterocycles. The van der Waals surface area contributed by atoms with Crippen LogP contribution in [0.2, 0.25) is 0 Å². The van der Waals surface area contributed by atoms with E-state index in [1.54, 1.807) is 12.1 Å². The third-order valence-electron chi connectivity index (χ3n) is 2.22. The number of amides is 1. The smallest absolute Gasteiger partial charge is 0.391 e. The van der Waals surface area contributed by atoms with E-state index in [0.717, 1.165) is 10.2 Å². The lowest BCUT2D eigenvalue weighted by Gasteiger charge is -2.20. The molecule has 0 bridgehead atoms. The predicted molar refractivity (Wildman–Crippen MR) is 64.3 cm³/mol. The van der Waals surface area contributed by atoms with Gasteiger partial charge in [-0.1, -0.05) is 0 Å². The van der Waals surface area contributed by atoms with E-state index in [1.807, 2.05) is 25.9 Å². The van der Waals surface area contributed by atoms with Gasteiger partial charge in [-0.2, -0.15) is 0 Å². The van der Waals surface area contributed by atoms with Crippen molar-refractivity contribution in [3.05, 3.63) is 22.3 Å². The zero-order valence-corrected chi connectivity index (χ0v) is 11.0. The highest BCUT2D eigenvalue weighted by molar-refractivity contribution is 9.10. The molecule has 6 heteroatoms. The van der Waals surface area contributed by atoms with Crippen LogP contribution >= 0.6 is 15.9 Å². The number of aromatic nitrogens is 1. The van der Waals surface area contributed by atoms with Crippen LogP contribution in [0.25, 0.3) is 0 Å². The van der Waals surface area contributed by atoms with Gasteiger partial charge in [0.05, 0.1) is 5.69 Å². The van der Waals surface area contributed by atoms with Crippen molar-refractivity contribution in [1.82, 2.24) is 9.88 Å². The van der Waals surface area contributed by atoms with Crippen molar-refractivity contribution in [2.45, 2.75) is 13.0 Å². The first-order valence-corrected chi connectivity index (χ1v) is 5.51. The molecule has 0 fully saturated rings. The minimum absolute atomic E-state index is 0.103. The van der Waals surface area contributed by atoms with Gasteiger partial charge in [-0.3, -0.25) is 0 Å². The lowest BCUT2D eigenvalue weighted by atomic mass is 10.2. The number of nitrogens with two attached hydrogens (primary N) is 1. The highest BCUT2D eigenvalue weighted by Gasteiger charge is 2.14. The van der Waals surface area contributed by atoms with E-state index in [-0.39, 0.29) is 11.9 Å². The summed E-state index contributed by atoms with van der Waals surface area (Å²) in [5.74, 6) is 0.208. The van der Waals surface area contributed by atoms with Crippen molar-refractivity contribution < 1.29 is 9.53 Å². The molecule has 1 heterocycles. The van der Waals surface area contributed by atoms with Gasteiger partial charge in [-0.05, 0) is 43.0 Å². The van der Waals surface area contributed by atoms with Gasteiger partial charge in [-0.15, -0.1) is 0 Å². The number of hydrogen-bond donors (Lipinski definition) is 1. The third kappa shape index (κ3) is 3.18. The fraction of sp³-hybridized carbons (Fsp3) is 0.400. The molecule has 2 N–H and O–H groups in total. The normalized spacial score (nSPS) is 12.6. The molecule has 0 spiro atoms. The van der Waals surface area contributed by atoms with E-state index in [1.165, 1.54) is 0 Å². The van der Waals surface area contributed by atoms with Gasteiger partial charge in [0.2, 0.25) is 5.88 Å². The molecular weight excluding hydrogens is 274 g/mol. The number of carbonyl (C=O) groups is 1. The summed E-state index contributed by atoms with van der Waals surface area (Å²) in [5, 5.41) is 0. The van der Waals surface area contributed by atoms with E-state index < -0.39 is 6.09 Å². The zero-order valence-electron chi connectivity index (χ0n) is 9.40. The maximum atomic E-state index is 10.6.